The second kappa shape index (κ2) is 11.1. The average molecular weight is 557 g/mol. The van der Waals surface area contributed by atoms with E-state index in [1.54, 1.807) is 18.2 Å². The number of aliphatic imine (C=N–C) groups is 1. The maximum absolute atomic E-state index is 13.7. The van der Waals surface area contributed by atoms with Crippen molar-refractivity contribution in [1.29, 1.82) is 0 Å². The minimum atomic E-state index is -0.490. The molecule has 4 aromatic rings. The van der Waals surface area contributed by atoms with E-state index in [0.29, 0.717) is 41.9 Å². The molecule has 39 heavy (non-hydrogen) atoms. The lowest BCUT2D eigenvalue weighted by molar-refractivity contribution is -0.122. The number of nitrogens with zero attached hydrogens (tertiary/aromatic N) is 3. The molecule has 2 aliphatic rings. The van der Waals surface area contributed by atoms with E-state index in [-0.39, 0.29) is 5.91 Å². The average Bonchev–Trinajstić information content (AvgIpc) is 3.13. The first-order valence-electron chi connectivity index (χ1n) is 12.8. The molecule has 0 saturated carbocycles. The monoisotopic (exact) mass is 556 g/mol. The number of ether oxygens (including phenoxy) is 1. The van der Waals surface area contributed by atoms with Crippen LogP contribution < -0.4 is 10.1 Å². The number of halogens is 2. The molecular formula is C31H26Cl2N4O2. The van der Waals surface area contributed by atoms with Gasteiger partial charge in [0, 0.05) is 26.2 Å². The molecule has 0 aliphatic carbocycles. The molecular weight excluding hydrogens is 531 g/mol. The fourth-order valence-corrected chi connectivity index (χ4v) is 5.41. The number of piperazine rings is 1. The molecule has 2 heterocycles. The fraction of sp³-hybridized carbons (Fsp3) is 0.161. The number of hydrogen-bond acceptors (Lipinski definition) is 5. The van der Waals surface area contributed by atoms with E-state index in [0.717, 1.165) is 34.1 Å². The Morgan fingerprint density at radius 2 is 1.49 bits per heavy atom. The Morgan fingerprint density at radius 3 is 2.28 bits per heavy atom. The number of rotatable bonds is 4. The van der Waals surface area contributed by atoms with Crippen LogP contribution in [0.15, 0.2) is 102 Å². The SMILES string of the molecule is O=C(Nc1cccc(Cl)c1Cl)C(c1ccccc1)N1CCN(C2=Nc3ccccc3Oc3ccccc32)CC1. The molecule has 4 aromatic carbocycles. The molecule has 1 atom stereocenters. The first-order valence-corrected chi connectivity index (χ1v) is 13.6. The normalized spacial score (nSPS) is 15.7. The number of benzene rings is 4. The Kier molecular flexibility index (Phi) is 7.24. The number of para-hydroxylation sites is 3. The third-order valence-electron chi connectivity index (χ3n) is 6.99. The lowest BCUT2D eigenvalue weighted by Crippen LogP contribution is -2.51. The molecule has 6 rings (SSSR count). The van der Waals surface area contributed by atoms with Crippen LogP contribution in [0.25, 0.3) is 0 Å². The fourth-order valence-electron chi connectivity index (χ4n) is 5.07. The summed E-state index contributed by atoms with van der Waals surface area (Å²) < 4.78 is 6.22. The molecule has 1 fully saturated rings. The highest BCUT2D eigenvalue weighted by atomic mass is 35.5. The van der Waals surface area contributed by atoms with Gasteiger partial charge in [-0.25, -0.2) is 4.99 Å². The van der Waals surface area contributed by atoms with Crippen LogP contribution in [-0.4, -0.2) is 47.7 Å². The number of carbonyl (C=O) groups is 1. The predicted molar refractivity (Wildman–Crippen MR) is 157 cm³/mol. The number of carbonyl (C=O) groups excluding carboxylic acids is 1. The van der Waals surface area contributed by atoms with Gasteiger partial charge in [-0.15, -0.1) is 0 Å². The zero-order chi connectivity index (χ0) is 26.8. The molecule has 8 heteroatoms. The quantitative estimate of drug-likeness (QED) is 0.289. The van der Waals surface area contributed by atoms with Crippen molar-refractivity contribution in [1.82, 2.24) is 9.80 Å². The number of fused-ring (bicyclic) bond motifs is 2. The second-order valence-corrected chi connectivity index (χ2v) is 10.2. The second-order valence-electron chi connectivity index (χ2n) is 9.43. The van der Waals surface area contributed by atoms with E-state index in [2.05, 4.69) is 15.1 Å². The highest BCUT2D eigenvalue weighted by molar-refractivity contribution is 6.44. The molecule has 0 radical (unpaired) electrons. The van der Waals surface area contributed by atoms with Crippen molar-refractivity contribution >= 4 is 46.3 Å². The molecule has 196 valence electrons. The topological polar surface area (TPSA) is 57.2 Å². The first-order chi connectivity index (χ1) is 19.1. The van der Waals surface area contributed by atoms with Crippen LogP contribution in [0, 0.1) is 0 Å². The summed E-state index contributed by atoms with van der Waals surface area (Å²) in [4.78, 5) is 23.2. The highest BCUT2D eigenvalue weighted by Gasteiger charge is 2.33. The van der Waals surface area contributed by atoms with Gasteiger partial charge in [-0.3, -0.25) is 9.69 Å². The summed E-state index contributed by atoms with van der Waals surface area (Å²) in [5.74, 6) is 2.24. The van der Waals surface area contributed by atoms with Crippen molar-refractivity contribution < 1.29 is 9.53 Å². The van der Waals surface area contributed by atoms with E-state index in [1.807, 2.05) is 78.9 Å². The van der Waals surface area contributed by atoms with E-state index in [1.165, 1.54) is 0 Å². The summed E-state index contributed by atoms with van der Waals surface area (Å²) in [5.41, 5.74) is 3.17. The van der Waals surface area contributed by atoms with E-state index < -0.39 is 6.04 Å². The van der Waals surface area contributed by atoms with E-state index >= 15 is 0 Å². The zero-order valence-electron chi connectivity index (χ0n) is 21.1. The third kappa shape index (κ3) is 5.23. The van der Waals surface area contributed by atoms with Gasteiger partial charge in [0.15, 0.2) is 5.75 Å². The third-order valence-corrected chi connectivity index (χ3v) is 7.81. The summed E-state index contributed by atoms with van der Waals surface area (Å²) in [6.07, 6.45) is 0. The lowest BCUT2D eigenvalue weighted by Gasteiger charge is -2.40. The van der Waals surface area contributed by atoms with Crippen LogP contribution in [0.3, 0.4) is 0 Å². The Morgan fingerprint density at radius 1 is 0.795 bits per heavy atom. The zero-order valence-corrected chi connectivity index (χ0v) is 22.6. The molecule has 0 bridgehead atoms. The summed E-state index contributed by atoms with van der Waals surface area (Å²) in [5, 5.41) is 3.73. The summed E-state index contributed by atoms with van der Waals surface area (Å²) in [7, 11) is 0. The maximum atomic E-state index is 13.7. The van der Waals surface area contributed by atoms with Gasteiger partial charge < -0.3 is 15.0 Å². The van der Waals surface area contributed by atoms with Crippen molar-refractivity contribution in [3.8, 4) is 11.5 Å². The molecule has 1 N–H and O–H groups in total. The maximum Gasteiger partial charge on any atom is 0.246 e. The molecule has 1 unspecified atom stereocenters. The number of nitrogens with one attached hydrogen (secondary N) is 1. The predicted octanol–water partition coefficient (Wildman–Crippen LogP) is 7.18. The molecule has 0 aromatic heterocycles. The smallest absolute Gasteiger partial charge is 0.246 e. The summed E-state index contributed by atoms with van der Waals surface area (Å²) >= 11 is 12.6. The standard InChI is InChI=1S/C31H26Cl2N4O2/c32-23-12-8-14-25(28(23)33)35-31(38)29(21-9-2-1-3-10-21)36-17-19-37(20-18-36)30-22-11-4-6-15-26(22)39-27-16-7-5-13-24(27)34-30/h1-16,29H,17-20H2,(H,35,38). The van der Waals surface area contributed by atoms with Gasteiger partial charge in [-0.1, -0.05) is 83.9 Å². The van der Waals surface area contributed by atoms with Gasteiger partial charge in [-0.05, 0) is 42.0 Å². The first kappa shape index (κ1) is 25.4. The number of amidine groups is 1. The van der Waals surface area contributed by atoms with E-state index in [9.17, 15) is 4.79 Å². The molecule has 2 aliphatic heterocycles. The Hall–Kier alpha value is -3.84. The Balaban J connectivity index is 1.26. The number of anilines is 1. The van der Waals surface area contributed by atoms with Crippen LogP contribution in [0.1, 0.15) is 17.2 Å². The van der Waals surface area contributed by atoms with Gasteiger partial charge in [0.1, 0.15) is 23.3 Å². The van der Waals surface area contributed by atoms with Crippen LogP contribution >= 0.6 is 23.2 Å². The summed E-state index contributed by atoms with van der Waals surface area (Å²) in [6.45, 7) is 2.73. The minimum absolute atomic E-state index is 0.154. The minimum Gasteiger partial charge on any atom is -0.454 e. The van der Waals surface area contributed by atoms with Gasteiger partial charge >= 0.3 is 0 Å². The molecule has 1 saturated heterocycles. The number of hydrogen-bond donors (Lipinski definition) is 1. The number of amides is 1. The van der Waals surface area contributed by atoms with Gasteiger partial charge in [0.05, 0.1) is 21.3 Å². The molecule has 6 nitrogen and oxygen atoms in total. The Labute approximate surface area is 237 Å². The Bertz CT molecular complexity index is 1530. The van der Waals surface area contributed by atoms with Crippen molar-refractivity contribution in [3.05, 3.63) is 118 Å². The van der Waals surface area contributed by atoms with Gasteiger partial charge in [0.2, 0.25) is 5.91 Å². The molecule has 0 spiro atoms. The van der Waals surface area contributed by atoms with Gasteiger partial charge in [-0.2, -0.15) is 0 Å². The van der Waals surface area contributed by atoms with Gasteiger partial charge in [0.25, 0.3) is 0 Å². The van der Waals surface area contributed by atoms with E-state index in [4.69, 9.17) is 32.9 Å². The van der Waals surface area contributed by atoms with Crippen LogP contribution in [0.4, 0.5) is 11.4 Å². The van der Waals surface area contributed by atoms with Crippen molar-refractivity contribution in [2.24, 2.45) is 4.99 Å². The van der Waals surface area contributed by atoms with Crippen LogP contribution in [0.2, 0.25) is 10.0 Å². The molecule has 1 amide bonds. The van der Waals surface area contributed by atoms with Crippen molar-refractivity contribution in [2.45, 2.75) is 6.04 Å². The highest BCUT2D eigenvalue weighted by Crippen LogP contribution is 2.38. The summed E-state index contributed by atoms with van der Waals surface area (Å²) in [6, 6.07) is 30.4. The van der Waals surface area contributed by atoms with Crippen molar-refractivity contribution in [2.75, 3.05) is 31.5 Å². The van der Waals surface area contributed by atoms with Crippen molar-refractivity contribution in [3.63, 3.8) is 0 Å². The largest absolute Gasteiger partial charge is 0.454 e. The lowest BCUT2D eigenvalue weighted by atomic mass is 10.0. The van der Waals surface area contributed by atoms with Crippen LogP contribution in [0.5, 0.6) is 11.5 Å². The van der Waals surface area contributed by atoms with Crippen LogP contribution in [-0.2, 0) is 4.79 Å².